The van der Waals surface area contributed by atoms with Crippen LogP contribution in [0, 0.1) is 6.92 Å². The summed E-state index contributed by atoms with van der Waals surface area (Å²) in [6.07, 6.45) is 1.92. The molecule has 2 heterocycles. The van der Waals surface area contributed by atoms with Gasteiger partial charge < -0.3 is 0 Å². The highest BCUT2D eigenvalue weighted by molar-refractivity contribution is 7.21. The van der Waals surface area contributed by atoms with Crippen LogP contribution in [0.5, 0.6) is 0 Å². The number of benzene rings is 1. The molecule has 0 unspecified atom stereocenters. The van der Waals surface area contributed by atoms with E-state index in [1.807, 2.05) is 55.9 Å². The second-order valence-corrected chi connectivity index (χ2v) is 6.79. The lowest BCUT2D eigenvalue weighted by Crippen LogP contribution is -2.18. The van der Waals surface area contributed by atoms with E-state index in [0.29, 0.717) is 15.6 Å². The number of carbonyl (C=O) groups excluding carboxylic acids is 1. The Balaban J connectivity index is 1.83. The maximum Gasteiger partial charge on any atom is 0.283 e. The molecule has 0 bridgehead atoms. The molecule has 0 fully saturated rings. The first-order chi connectivity index (χ1) is 11.5. The largest absolute Gasteiger partial charge is 0.283 e. The fourth-order valence-electron chi connectivity index (χ4n) is 2.44. The number of hydrazone groups is 1. The minimum atomic E-state index is -0.305. The second-order valence-electron chi connectivity index (χ2n) is 5.36. The molecule has 0 aliphatic carbocycles. The van der Waals surface area contributed by atoms with Gasteiger partial charge in [0.05, 0.1) is 16.4 Å². The topological polar surface area (TPSA) is 59.3 Å². The first-order valence-corrected chi connectivity index (χ1v) is 8.76. The molecule has 3 rings (SSSR count). The molecule has 0 saturated heterocycles. The molecule has 3 aromatic rings. The Bertz CT molecular complexity index is 941. The van der Waals surface area contributed by atoms with Gasteiger partial charge in [-0.3, -0.25) is 9.48 Å². The molecule has 0 aliphatic rings. The van der Waals surface area contributed by atoms with Crippen molar-refractivity contribution in [3.05, 3.63) is 51.6 Å². The first kappa shape index (κ1) is 16.7. The highest BCUT2D eigenvalue weighted by Crippen LogP contribution is 2.34. The van der Waals surface area contributed by atoms with Crippen molar-refractivity contribution < 1.29 is 4.79 Å². The van der Waals surface area contributed by atoms with Gasteiger partial charge in [-0.05, 0) is 26.8 Å². The zero-order valence-corrected chi connectivity index (χ0v) is 15.2. The van der Waals surface area contributed by atoms with Crippen molar-refractivity contribution in [2.24, 2.45) is 5.10 Å². The number of carbonyl (C=O) groups is 1. The Hall–Kier alpha value is -2.18. The summed E-state index contributed by atoms with van der Waals surface area (Å²) in [5, 5.41) is 9.94. The number of halogens is 1. The van der Waals surface area contributed by atoms with E-state index in [0.717, 1.165) is 27.9 Å². The highest BCUT2D eigenvalue weighted by Gasteiger charge is 2.17. The van der Waals surface area contributed by atoms with E-state index in [-0.39, 0.29) is 5.91 Å². The number of amides is 1. The van der Waals surface area contributed by atoms with E-state index >= 15 is 0 Å². The SMILES string of the molecule is CCn1cc(C(C)=NNC(=O)c2sc3ccccc3c2Cl)c(C)n1. The smallest absolute Gasteiger partial charge is 0.272 e. The third-order valence-corrected chi connectivity index (χ3v) is 5.40. The van der Waals surface area contributed by atoms with Crippen LogP contribution in [0.1, 0.15) is 34.8 Å². The van der Waals surface area contributed by atoms with Gasteiger partial charge in [0.2, 0.25) is 0 Å². The highest BCUT2D eigenvalue weighted by atomic mass is 35.5. The molecule has 0 atom stereocenters. The fraction of sp³-hybridized carbons (Fsp3) is 0.235. The summed E-state index contributed by atoms with van der Waals surface area (Å²) >= 11 is 7.68. The molecule has 0 radical (unpaired) electrons. The predicted molar refractivity (Wildman–Crippen MR) is 99.2 cm³/mol. The number of aryl methyl sites for hydroxylation is 2. The number of thiophene rings is 1. The Kier molecular flexibility index (Phi) is 4.69. The lowest BCUT2D eigenvalue weighted by atomic mass is 10.2. The maximum absolute atomic E-state index is 12.4. The minimum Gasteiger partial charge on any atom is -0.272 e. The molecule has 5 nitrogen and oxygen atoms in total. The number of nitrogens with zero attached hydrogens (tertiary/aromatic N) is 3. The number of fused-ring (bicyclic) bond motifs is 1. The Morgan fingerprint density at radius 1 is 1.42 bits per heavy atom. The van der Waals surface area contributed by atoms with E-state index in [1.165, 1.54) is 11.3 Å². The van der Waals surface area contributed by atoms with Crippen molar-refractivity contribution in [2.45, 2.75) is 27.3 Å². The molecule has 7 heteroatoms. The lowest BCUT2D eigenvalue weighted by Gasteiger charge is -2.01. The van der Waals surface area contributed by atoms with Crippen molar-refractivity contribution in [1.82, 2.24) is 15.2 Å². The van der Waals surface area contributed by atoms with Gasteiger partial charge in [-0.2, -0.15) is 10.2 Å². The van der Waals surface area contributed by atoms with E-state index in [9.17, 15) is 4.79 Å². The van der Waals surface area contributed by atoms with Crippen molar-refractivity contribution in [3.63, 3.8) is 0 Å². The molecule has 0 spiro atoms. The Labute approximate surface area is 148 Å². The average molecular weight is 361 g/mol. The molecule has 1 N–H and O–H groups in total. The van der Waals surface area contributed by atoms with Gasteiger partial charge in [0.15, 0.2) is 0 Å². The van der Waals surface area contributed by atoms with Gasteiger partial charge in [-0.15, -0.1) is 11.3 Å². The van der Waals surface area contributed by atoms with E-state index in [2.05, 4.69) is 15.6 Å². The van der Waals surface area contributed by atoms with Crippen LogP contribution in [-0.2, 0) is 6.54 Å². The lowest BCUT2D eigenvalue weighted by molar-refractivity contribution is 0.0959. The van der Waals surface area contributed by atoms with Gasteiger partial charge in [0, 0.05) is 28.4 Å². The predicted octanol–water partition coefficient (Wildman–Crippen LogP) is 4.23. The first-order valence-electron chi connectivity index (χ1n) is 7.57. The number of hydrogen-bond acceptors (Lipinski definition) is 4. The van der Waals surface area contributed by atoms with E-state index in [1.54, 1.807) is 0 Å². The van der Waals surface area contributed by atoms with Gasteiger partial charge in [-0.25, -0.2) is 5.43 Å². The molecule has 1 aromatic carbocycles. The summed E-state index contributed by atoms with van der Waals surface area (Å²) in [5.41, 5.74) is 5.10. The van der Waals surface area contributed by atoms with Gasteiger partial charge in [0.25, 0.3) is 5.91 Å². The van der Waals surface area contributed by atoms with Crippen molar-refractivity contribution >= 4 is 44.6 Å². The zero-order chi connectivity index (χ0) is 17.3. The van der Waals surface area contributed by atoms with Gasteiger partial charge in [-0.1, -0.05) is 29.8 Å². The van der Waals surface area contributed by atoms with Crippen LogP contribution in [0.15, 0.2) is 35.6 Å². The van der Waals surface area contributed by atoms with Crippen molar-refractivity contribution in [1.29, 1.82) is 0 Å². The molecule has 1 amide bonds. The summed E-state index contributed by atoms with van der Waals surface area (Å²) in [4.78, 5) is 12.9. The summed E-state index contributed by atoms with van der Waals surface area (Å²) < 4.78 is 2.82. The average Bonchev–Trinajstić information content (AvgIpc) is 3.13. The van der Waals surface area contributed by atoms with E-state index in [4.69, 9.17) is 11.6 Å². The Morgan fingerprint density at radius 2 is 2.17 bits per heavy atom. The molecule has 0 aliphatic heterocycles. The maximum atomic E-state index is 12.4. The van der Waals surface area contributed by atoms with Crippen LogP contribution in [-0.4, -0.2) is 21.4 Å². The molecule has 2 aromatic heterocycles. The van der Waals surface area contributed by atoms with Gasteiger partial charge >= 0.3 is 0 Å². The molecular formula is C17H17ClN4OS. The van der Waals surface area contributed by atoms with Crippen LogP contribution >= 0.6 is 22.9 Å². The summed E-state index contributed by atoms with van der Waals surface area (Å²) in [5.74, 6) is -0.305. The molecule has 24 heavy (non-hydrogen) atoms. The second kappa shape index (κ2) is 6.75. The normalized spacial score (nSPS) is 11.9. The fourth-order valence-corrected chi connectivity index (χ4v) is 3.85. The Morgan fingerprint density at radius 3 is 2.83 bits per heavy atom. The van der Waals surface area contributed by atoms with Crippen LogP contribution in [0.3, 0.4) is 0 Å². The van der Waals surface area contributed by atoms with Crippen LogP contribution in [0.2, 0.25) is 5.02 Å². The monoisotopic (exact) mass is 360 g/mol. The number of aromatic nitrogens is 2. The van der Waals surface area contributed by atoms with Crippen molar-refractivity contribution in [2.75, 3.05) is 0 Å². The van der Waals surface area contributed by atoms with Crippen LogP contribution < -0.4 is 5.43 Å². The van der Waals surface area contributed by atoms with Crippen LogP contribution in [0.4, 0.5) is 0 Å². The standard InChI is InChI=1S/C17H17ClN4OS/c1-4-22-9-13(11(3)21-22)10(2)19-20-17(23)16-15(18)12-7-5-6-8-14(12)24-16/h5-9H,4H2,1-3H3,(H,20,23). The third-order valence-electron chi connectivity index (χ3n) is 3.73. The van der Waals surface area contributed by atoms with Crippen LogP contribution in [0.25, 0.3) is 10.1 Å². The van der Waals surface area contributed by atoms with Crippen molar-refractivity contribution in [3.8, 4) is 0 Å². The molecule has 124 valence electrons. The summed E-state index contributed by atoms with van der Waals surface area (Å²) in [6.45, 7) is 6.58. The summed E-state index contributed by atoms with van der Waals surface area (Å²) in [6, 6.07) is 7.67. The number of nitrogens with one attached hydrogen (secondary N) is 1. The number of rotatable bonds is 4. The zero-order valence-electron chi connectivity index (χ0n) is 13.6. The quantitative estimate of drug-likeness (QED) is 0.559. The van der Waals surface area contributed by atoms with Gasteiger partial charge in [0.1, 0.15) is 4.88 Å². The molecule has 0 saturated carbocycles. The molecular weight excluding hydrogens is 344 g/mol. The minimum absolute atomic E-state index is 0.305. The summed E-state index contributed by atoms with van der Waals surface area (Å²) in [7, 11) is 0. The van der Waals surface area contributed by atoms with E-state index < -0.39 is 0 Å². The third kappa shape index (κ3) is 3.07. The number of hydrogen-bond donors (Lipinski definition) is 1.